The Kier molecular flexibility index (Phi) is 3.20. The largest absolute Gasteiger partial charge is 0.430 e. The van der Waals surface area contributed by atoms with Crippen LogP contribution in [0.2, 0.25) is 0 Å². The Morgan fingerprint density at radius 2 is 2.21 bits per heavy atom. The average Bonchev–Trinajstić information content (AvgIpc) is 2.66. The first kappa shape index (κ1) is 10.1. The lowest BCUT2D eigenvalue weighted by molar-refractivity contribution is 0.475. The van der Waals surface area contributed by atoms with E-state index in [-0.39, 0.29) is 0 Å². The van der Waals surface area contributed by atoms with E-state index in [4.69, 9.17) is 4.74 Å². The molecule has 1 radical (unpaired) electrons. The van der Waals surface area contributed by atoms with Crippen LogP contribution in [0.15, 0.2) is 32.5 Å². The molecule has 0 spiro atoms. The van der Waals surface area contributed by atoms with Crippen molar-refractivity contribution < 1.29 is 4.74 Å². The zero-order valence-corrected chi connectivity index (χ0v) is 10.8. The highest BCUT2D eigenvalue weighted by molar-refractivity contribution is 9.13. The first-order valence-corrected chi connectivity index (χ1v) is 6.17. The molecule has 1 heterocycles. The van der Waals surface area contributed by atoms with Gasteiger partial charge in [0.1, 0.15) is 11.9 Å². The molecule has 14 heavy (non-hydrogen) atoms. The molecule has 0 unspecified atom stereocenters. The summed E-state index contributed by atoms with van der Waals surface area (Å²) in [5, 5.41) is 2.34. The maximum atomic E-state index is 5.53. The van der Waals surface area contributed by atoms with Gasteiger partial charge in [-0.25, -0.2) is 4.98 Å². The fourth-order valence-corrected chi connectivity index (χ4v) is 2.03. The number of nitrogens with zero attached hydrogens (tertiary/aromatic N) is 1. The van der Waals surface area contributed by atoms with E-state index in [2.05, 4.69) is 43.0 Å². The fraction of sp³-hybridized carbons (Fsp3) is 0. The van der Waals surface area contributed by atoms with Crippen LogP contribution in [0.4, 0.5) is 0 Å². The molecular formula is C9H4Br2NOS. The molecule has 71 valence electrons. The molecule has 0 bridgehead atoms. The Hall–Kier alpha value is -0.390. The van der Waals surface area contributed by atoms with Crippen molar-refractivity contribution in [2.45, 2.75) is 0 Å². The highest BCUT2D eigenvalue weighted by Gasteiger charge is 2.06. The van der Waals surface area contributed by atoms with Crippen LogP contribution >= 0.6 is 43.2 Å². The molecular weight excluding hydrogens is 330 g/mol. The van der Waals surface area contributed by atoms with Crippen molar-refractivity contribution in [2.24, 2.45) is 0 Å². The van der Waals surface area contributed by atoms with Crippen molar-refractivity contribution in [3.8, 4) is 10.9 Å². The predicted octanol–water partition coefficient (Wildman–Crippen LogP) is 4.26. The molecule has 0 N–H and O–H groups in total. The fourth-order valence-electron chi connectivity index (χ4n) is 0.886. The Morgan fingerprint density at radius 1 is 1.36 bits per heavy atom. The maximum Gasteiger partial charge on any atom is 0.279 e. The molecule has 0 saturated heterocycles. The standard InChI is InChI=1S/C9H4Br2NOS/c10-6-2-1-3-7(8(6)11)13-9-12-4-5-14-9/h1-3,5H. The molecule has 5 heteroatoms. The SMILES string of the molecule is Brc1cccc(Oc2n[c]cs2)c1Br. The van der Waals surface area contributed by atoms with E-state index in [0.717, 1.165) is 14.7 Å². The van der Waals surface area contributed by atoms with Gasteiger partial charge in [-0.15, -0.1) is 0 Å². The van der Waals surface area contributed by atoms with Crippen molar-refractivity contribution in [2.75, 3.05) is 0 Å². The van der Waals surface area contributed by atoms with E-state index in [1.165, 1.54) is 11.3 Å². The number of rotatable bonds is 2. The number of hydrogen-bond donors (Lipinski definition) is 0. The first-order valence-electron chi connectivity index (χ1n) is 3.71. The minimum atomic E-state index is 0.587. The second-order valence-corrected chi connectivity index (χ2v) is 4.86. The van der Waals surface area contributed by atoms with Crippen molar-refractivity contribution in [3.05, 3.63) is 38.7 Å². The summed E-state index contributed by atoms with van der Waals surface area (Å²) in [5.74, 6) is 0.739. The Balaban J connectivity index is 2.29. The van der Waals surface area contributed by atoms with Gasteiger partial charge in [-0.05, 0) is 44.0 Å². The Labute approximate surface area is 102 Å². The molecule has 0 aliphatic rings. The van der Waals surface area contributed by atoms with Crippen LogP contribution < -0.4 is 4.74 Å². The second-order valence-electron chi connectivity index (χ2n) is 2.40. The summed E-state index contributed by atoms with van der Waals surface area (Å²) >= 11 is 8.23. The molecule has 0 atom stereocenters. The number of aromatic nitrogens is 1. The van der Waals surface area contributed by atoms with E-state index in [9.17, 15) is 0 Å². The lowest BCUT2D eigenvalue weighted by atomic mass is 10.3. The summed E-state index contributed by atoms with van der Waals surface area (Å²) in [7, 11) is 0. The van der Waals surface area contributed by atoms with Gasteiger partial charge in [0.25, 0.3) is 5.19 Å². The van der Waals surface area contributed by atoms with Gasteiger partial charge in [0, 0.05) is 9.85 Å². The van der Waals surface area contributed by atoms with Crippen LogP contribution in [0.3, 0.4) is 0 Å². The van der Waals surface area contributed by atoms with Crippen LogP contribution in [-0.4, -0.2) is 4.98 Å². The summed E-state index contributed by atoms with van der Waals surface area (Å²) in [4.78, 5) is 3.92. The summed E-state index contributed by atoms with van der Waals surface area (Å²) in [6, 6.07) is 5.71. The first-order chi connectivity index (χ1) is 6.77. The van der Waals surface area contributed by atoms with Gasteiger partial charge >= 0.3 is 0 Å². The summed E-state index contributed by atoms with van der Waals surface area (Å²) in [6.45, 7) is 0. The third-order valence-electron chi connectivity index (χ3n) is 1.48. The molecule has 1 aromatic heterocycles. The highest BCUT2D eigenvalue weighted by atomic mass is 79.9. The molecule has 0 aliphatic carbocycles. The van der Waals surface area contributed by atoms with Crippen molar-refractivity contribution in [3.63, 3.8) is 0 Å². The summed E-state index contributed by atoms with van der Waals surface area (Å²) in [6.07, 6.45) is 2.70. The van der Waals surface area contributed by atoms with Crippen LogP contribution in [0, 0.1) is 6.20 Å². The van der Waals surface area contributed by atoms with E-state index in [1.54, 1.807) is 5.38 Å². The van der Waals surface area contributed by atoms with Crippen molar-refractivity contribution in [1.29, 1.82) is 0 Å². The topological polar surface area (TPSA) is 22.1 Å². The molecule has 2 nitrogen and oxygen atoms in total. The van der Waals surface area contributed by atoms with Gasteiger partial charge in [0.15, 0.2) is 0 Å². The lowest BCUT2D eigenvalue weighted by Gasteiger charge is -2.04. The highest BCUT2D eigenvalue weighted by Crippen LogP contribution is 2.35. The Bertz CT molecular complexity index is 430. The number of thiazole rings is 1. The van der Waals surface area contributed by atoms with Gasteiger partial charge < -0.3 is 4.74 Å². The normalized spacial score (nSPS) is 10.1. The Morgan fingerprint density at radius 3 is 2.93 bits per heavy atom. The van der Waals surface area contributed by atoms with E-state index < -0.39 is 0 Å². The van der Waals surface area contributed by atoms with E-state index in [1.807, 2.05) is 18.2 Å². The molecule has 2 rings (SSSR count). The van der Waals surface area contributed by atoms with Crippen molar-refractivity contribution >= 4 is 43.2 Å². The summed E-state index contributed by atoms with van der Waals surface area (Å²) in [5.41, 5.74) is 0. The van der Waals surface area contributed by atoms with Crippen LogP contribution in [0.25, 0.3) is 0 Å². The number of hydrogen-bond acceptors (Lipinski definition) is 3. The number of ether oxygens (including phenoxy) is 1. The number of halogens is 2. The monoisotopic (exact) mass is 332 g/mol. The molecule has 0 saturated carbocycles. The zero-order chi connectivity index (χ0) is 9.97. The quantitative estimate of drug-likeness (QED) is 0.819. The predicted molar refractivity (Wildman–Crippen MR) is 62.9 cm³/mol. The molecule has 1 aromatic carbocycles. The molecule has 0 amide bonds. The number of benzene rings is 1. The average molecular weight is 334 g/mol. The minimum absolute atomic E-state index is 0.587. The van der Waals surface area contributed by atoms with E-state index in [0.29, 0.717) is 5.19 Å². The lowest BCUT2D eigenvalue weighted by Crippen LogP contribution is -1.84. The molecule has 2 aromatic rings. The minimum Gasteiger partial charge on any atom is -0.430 e. The van der Waals surface area contributed by atoms with Gasteiger partial charge in [-0.3, -0.25) is 0 Å². The van der Waals surface area contributed by atoms with Gasteiger partial charge in [-0.1, -0.05) is 17.4 Å². The molecule has 0 aliphatic heterocycles. The van der Waals surface area contributed by atoms with Gasteiger partial charge in [-0.2, -0.15) is 0 Å². The van der Waals surface area contributed by atoms with Gasteiger partial charge in [0.2, 0.25) is 0 Å². The van der Waals surface area contributed by atoms with Crippen LogP contribution in [0.1, 0.15) is 0 Å². The van der Waals surface area contributed by atoms with Crippen LogP contribution in [-0.2, 0) is 0 Å². The molecule has 0 fully saturated rings. The smallest absolute Gasteiger partial charge is 0.279 e. The van der Waals surface area contributed by atoms with Crippen LogP contribution in [0.5, 0.6) is 10.9 Å². The van der Waals surface area contributed by atoms with E-state index >= 15 is 0 Å². The summed E-state index contributed by atoms with van der Waals surface area (Å²) < 4.78 is 7.37. The second kappa shape index (κ2) is 4.42. The third kappa shape index (κ3) is 2.16. The maximum absolute atomic E-state index is 5.53. The zero-order valence-electron chi connectivity index (χ0n) is 6.83. The van der Waals surface area contributed by atoms with Gasteiger partial charge in [0.05, 0.1) is 4.47 Å². The van der Waals surface area contributed by atoms with Crippen molar-refractivity contribution in [1.82, 2.24) is 4.98 Å². The third-order valence-corrected chi connectivity index (χ3v) is 4.09.